The van der Waals surface area contributed by atoms with Gasteiger partial charge in [0.25, 0.3) is 15.9 Å². The highest BCUT2D eigenvalue weighted by Crippen LogP contribution is 2.29. The Morgan fingerprint density at radius 2 is 1.89 bits per heavy atom. The number of nitrogens with zero attached hydrogens (tertiary/aromatic N) is 2. The summed E-state index contributed by atoms with van der Waals surface area (Å²) in [5, 5.41) is 1.77. The van der Waals surface area contributed by atoms with Gasteiger partial charge in [-0.05, 0) is 43.5 Å². The molecule has 0 atom stereocenters. The van der Waals surface area contributed by atoms with E-state index in [4.69, 9.17) is 0 Å². The molecule has 4 rings (SSSR count). The molecule has 2 heterocycles. The summed E-state index contributed by atoms with van der Waals surface area (Å²) in [5.41, 5.74) is 3.25. The maximum atomic E-state index is 12.9. The van der Waals surface area contributed by atoms with Crippen molar-refractivity contribution < 1.29 is 13.2 Å². The lowest BCUT2D eigenvalue weighted by atomic mass is 10.0. The molecule has 0 radical (unpaired) electrons. The second-order valence-corrected chi connectivity index (χ2v) is 9.19. The van der Waals surface area contributed by atoms with Gasteiger partial charge in [0, 0.05) is 17.6 Å². The number of anilines is 2. The first kappa shape index (κ1) is 18.6. The molecule has 0 aliphatic carbocycles. The maximum absolute atomic E-state index is 12.9. The number of sulfonamides is 1. The van der Waals surface area contributed by atoms with Crippen LogP contribution in [0.1, 0.15) is 28.0 Å². The van der Waals surface area contributed by atoms with Gasteiger partial charge in [0.15, 0.2) is 5.13 Å². The predicted octanol–water partition coefficient (Wildman–Crippen LogP) is 3.85. The average molecular weight is 414 g/mol. The van der Waals surface area contributed by atoms with Crippen molar-refractivity contribution in [2.75, 3.05) is 16.2 Å². The number of carbonyl (C=O) groups is 1. The Labute approximate surface area is 167 Å². The van der Waals surface area contributed by atoms with Crippen LogP contribution in [0.15, 0.2) is 58.8 Å². The zero-order chi connectivity index (χ0) is 19.7. The minimum atomic E-state index is -3.74. The highest BCUT2D eigenvalue weighted by atomic mass is 32.2. The van der Waals surface area contributed by atoms with Crippen molar-refractivity contribution in [1.82, 2.24) is 4.98 Å². The van der Waals surface area contributed by atoms with Crippen molar-refractivity contribution in [3.8, 4) is 0 Å². The van der Waals surface area contributed by atoms with E-state index in [-0.39, 0.29) is 21.6 Å². The lowest BCUT2D eigenvalue weighted by molar-refractivity contribution is 0.0981. The molecule has 3 aromatic rings. The van der Waals surface area contributed by atoms with E-state index in [1.54, 1.807) is 34.5 Å². The van der Waals surface area contributed by atoms with E-state index >= 15 is 0 Å². The number of hydrogen-bond donors (Lipinski definition) is 1. The molecule has 144 valence electrons. The Balaban J connectivity index is 1.55. The fourth-order valence-electron chi connectivity index (χ4n) is 3.19. The summed E-state index contributed by atoms with van der Waals surface area (Å²) in [5.74, 6) is -0.218. The van der Waals surface area contributed by atoms with Crippen LogP contribution in [0, 0.1) is 6.92 Å². The summed E-state index contributed by atoms with van der Waals surface area (Å²) in [4.78, 5) is 19.0. The van der Waals surface area contributed by atoms with Crippen LogP contribution in [0.4, 0.5) is 10.8 Å². The third-order valence-corrected chi connectivity index (χ3v) is 6.87. The summed E-state index contributed by atoms with van der Waals surface area (Å²) in [6, 6.07) is 14.4. The summed E-state index contributed by atoms with van der Waals surface area (Å²) in [6.07, 6.45) is 1.83. The zero-order valence-corrected chi connectivity index (χ0v) is 16.9. The van der Waals surface area contributed by atoms with Crippen molar-refractivity contribution in [3.05, 3.63) is 70.7 Å². The SMILES string of the molecule is Cc1ccc(S(=O)(=O)Nc2nc(C(=O)N3CCCc4ccccc43)cs2)cc1. The van der Waals surface area contributed by atoms with E-state index in [9.17, 15) is 13.2 Å². The Morgan fingerprint density at radius 3 is 2.68 bits per heavy atom. The third-order valence-electron chi connectivity index (χ3n) is 4.63. The van der Waals surface area contributed by atoms with Crippen molar-refractivity contribution in [3.63, 3.8) is 0 Å². The number of fused-ring (bicyclic) bond motifs is 1. The number of aryl methyl sites for hydroxylation is 2. The Morgan fingerprint density at radius 1 is 1.14 bits per heavy atom. The van der Waals surface area contributed by atoms with E-state index in [1.807, 2.05) is 31.2 Å². The second kappa shape index (κ2) is 7.37. The van der Waals surface area contributed by atoms with Crippen molar-refractivity contribution in [2.45, 2.75) is 24.7 Å². The molecule has 0 saturated heterocycles. The van der Waals surface area contributed by atoms with E-state index in [2.05, 4.69) is 9.71 Å². The minimum Gasteiger partial charge on any atom is -0.307 e. The van der Waals surface area contributed by atoms with Crippen molar-refractivity contribution in [1.29, 1.82) is 0 Å². The topological polar surface area (TPSA) is 79.4 Å². The molecule has 0 unspecified atom stereocenters. The summed E-state index contributed by atoms with van der Waals surface area (Å²) in [6.45, 7) is 2.51. The lowest BCUT2D eigenvalue weighted by Crippen LogP contribution is -2.35. The first-order valence-electron chi connectivity index (χ1n) is 8.89. The number of aromatic nitrogens is 1. The quantitative estimate of drug-likeness (QED) is 0.705. The van der Waals surface area contributed by atoms with Gasteiger partial charge in [-0.2, -0.15) is 0 Å². The molecule has 0 saturated carbocycles. The molecular weight excluding hydrogens is 394 g/mol. The van der Waals surface area contributed by atoms with Gasteiger partial charge < -0.3 is 4.90 Å². The van der Waals surface area contributed by atoms with Gasteiger partial charge in [0.05, 0.1) is 4.90 Å². The monoisotopic (exact) mass is 413 g/mol. The summed E-state index contributed by atoms with van der Waals surface area (Å²) in [7, 11) is -3.74. The average Bonchev–Trinajstić information content (AvgIpc) is 3.15. The molecule has 28 heavy (non-hydrogen) atoms. The smallest absolute Gasteiger partial charge is 0.277 e. The number of amides is 1. The maximum Gasteiger partial charge on any atom is 0.277 e. The molecule has 0 fully saturated rings. The molecule has 6 nitrogen and oxygen atoms in total. The van der Waals surface area contributed by atoms with Crippen molar-refractivity contribution in [2.24, 2.45) is 0 Å². The van der Waals surface area contributed by atoms with Gasteiger partial charge in [-0.1, -0.05) is 35.9 Å². The van der Waals surface area contributed by atoms with E-state index < -0.39 is 10.0 Å². The van der Waals surface area contributed by atoms with Gasteiger partial charge in [-0.15, -0.1) is 11.3 Å². The van der Waals surface area contributed by atoms with Crippen LogP contribution in [-0.2, 0) is 16.4 Å². The summed E-state index contributed by atoms with van der Waals surface area (Å²) >= 11 is 1.10. The van der Waals surface area contributed by atoms with Crippen LogP contribution >= 0.6 is 11.3 Å². The van der Waals surface area contributed by atoms with Crippen LogP contribution in [0.25, 0.3) is 0 Å². The number of rotatable bonds is 4. The van der Waals surface area contributed by atoms with Gasteiger partial charge in [0.2, 0.25) is 0 Å². The van der Waals surface area contributed by atoms with Crippen LogP contribution < -0.4 is 9.62 Å². The van der Waals surface area contributed by atoms with Gasteiger partial charge in [-0.3, -0.25) is 9.52 Å². The minimum absolute atomic E-state index is 0.158. The van der Waals surface area contributed by atoms with Crippen molar-refractivity contribution >= 4 is 38.1 Å². The molecule has 0 spiro atoms. The molecule has 2 aromatic carbocycles. The molecule has 1 N–H and O–H groups in total. The van der Waals surface area contributed by atoms with Crippen LogP contribution in [0.3, 0.4) is 0 Å². The molecule has 1 aromatic heterocycles. The number of nitrogens with one attached hydrogen (secondary N) is 1. The summed E-state index contributed by atoms with van der Waals surface area (Å²) < 4.78 is 27.5. The first-order valence-corrected chi connectivity index (χ1v) is 11.2. The number of benzene rings is 2. The highest BCUT2D eigenvalue weighted by molar-refractivity contribution is 7.93. The van der Waals surface area contributed by atoms with Crippen LogP contribution in [0.2, 0.25) is 0 Å². The molecule has 0 bridgehead atoms. The number of para-hydroxylation sites is 1. The molecule has 8 heteroatoms. The van der Waals surface area contributed by atoms with Crippen LogP contribution in [0.5, 0.6) is 0 Å². The molecule has 1 amide bonds. The normalized spacial score (nSPS) is 13.8. The van der Waals surface area contributed by atoms with Crippen LogP contribution in [-0.4, -0.2) is 25.9 Å². The van der Waals surface area contributed by atoms with Gasteiger partial charge in [0.1, 0.15) is 5.69 Å². The van der Waals surface area contributed by atoms with Gasteiger partial charge >= 0.3 is 0 Å². The van der Waals surface area contributed by atoms with E-state index in [0.29, 0.717) is 6.54 Å². The highest BCUT2D eigenvalue weighted by Gasteiger charge is 2.25. The molecule has 1 aliphatic heterocycles. The largest absolute Gasteiger partial charge is 0.307 e. The standard InChI is InChI=1S/C20H19N3O3S2/c1-14-8-10-16(11-9-14)28(25,26)22-20-21-17(13-27-20)19(24)23-12-4-6-15-5-2-3-7-18(15)23/h2-3,5,7-11,13H,4,6,12H2,1H3,(H,21,22). The predicted molar refractivity (Wildman–Crippen MR) is 111 cm³/mol. The fourth-order valence-corrected chi connectivity index (χ4v) is 5.13. The first-order chi connectivity index (χ1) is 13.4. The van der Waals surface area contributed by atoms with Gasteiger partial charge in [-0.25, -0.2) is 13.4 Å². The number of carbonyl (C=O) groups excluding carboxylic acids is 1. The Kier molecular flexibility index (Phi) is 4.91. The Hall–Kier alpha value is -2.71. The zero-order valence-electron chi connectivity index (χ0n) is 15.3. The van der Waals surface area contributed by atoms with E-state index in [0.717, 1.165) is 41.0 Å². The molecular formula is C20H19N3O3S2. The molecule has 1 aliphatic rings. The van der Waals surface area contributed by atoms with E-state index in [1.165, 1.54) is 0 Å². The Bertz CT molecular complexity index is 1120. The number of thiazole rings is 1. The second-order valence-electron chi connectivity index (χ2n) is 6.65. The third kappa shape index (κ3) is 3.65. The lowest BCUT2D eigenvalue weighted by Gasteiger charge is -2.28. The fraction of sp³-hybridized carbons (Fsp3) is 0.200. The number of hydrogen-bond acceptors (Lipinski definition) is 5.